The number of hydrogen-bond acceptors (Lipinski definition) is 4. The smallest absolute Gasteiger partial charge is 0.320 e. The van der Waals surface area contributed by atoms with Crippen molar-refractivity contribution in [2.24, 2.45) is 5.92 Å². The first-order valence-corrected chi connectivity index (χ1v) is 5.19. The van der Waals surface area contributed by atoms with Gasteiger partial charge in [-0.3, -0.25) is 9.59 Å². The monoisotopic (exact) mass is 356 g/mol. The van der Waals surface area contributed by atoms with E-state index in [1.807, 2.05) is 13.8 Å². The van der Waals surface area contributed by atoms with Gasteiger partial charge in [-0.05, 0) is 25.2 Å². The van der Waals surface area contributed by atoms with Gasteiger partial charge in [-0.15, -0.1) is 0 Å². The predicted molar refractivity (Wildman–Crippen MR) is 67.1 cm³/mol. The molecule has 0 bridgehead atoms. The second-order valence-electron chi connectivity index (χ2n) is 3.36. The minimum atomic E-state index is -0.892. The van der Waals surface area contributed by atoms with Crippen molar-refractivity contribution < 1.29 is 49.8 Å². The fourth-order valence-electron chi connectivity index (χ4n) is 1.03. The van der Waals surface area contributed by atoms with Crippen molar-refractivity contribution in [2.45, 2.75) is 20.3 Å². The summed E-state index contributed by atoms with van der Waals surface area (Å²) in [6, 6.07) is 0. The minimum Gasteiger partial charge on any atom is -0.468 e. The van der Waals surface area contributed by atoms with Gasteiger partial charge in [0.2, 0.25) is 0 Å². The topological polar surface area (TPSA) is 112 Å². The van der Waals surface area contributed by atoms with E-state index in [1.165, 1.54) is 14.2 Å². The summed E-state index contributed by atoms with van der Waals surface area (Å²) in [5.74, 6) is -0.329. The molecule has 0 spiro atoms. The summed E-state index contributed by atoms with van der Waals surface area (Å²) in [5, 5.41) is 0. The van der Waals surface area contributed by atoms with Gasteiger partial charge in [0.25, 0.3) is 0 Å². The fraction of sp³-hybridized carbons (Fsp3) is 0.429. The van der Waals surface area contributed by atoms with Gasteiger partial charge in [-0.25, -0.2) is 0 Å². The molecule has 0 rings (SSSR count). The number of esters is 2. The van der Waals surface area contributed by atoms with Gasteiger partial charge in [-0.1, -0.05) is 13.8 Å². The molecule has 0 saturated carbocycles. The minimum absolute atomic E-state index is 0. The van der Waals surface area contributed by atoms with Crippen LogP contribution in [0, 0.1) is 44.6 Å². The standard InChI is InChI=1S/C11H17O4.3CO.Co/c1-7(2)8(3)6-9(10(12)14-4)11(13)15-5;3*1-2;/h9H,1,6H2,2-5H3;;;;. The molecule has 7 nitrogen and oxygen atoms in total. The average Bonchev–Trinajstić information content (AvgIpc) is 2.56. The van der Waals surface area contributed by atoms with Crippen LogP contribution in [0.2, 0.25) is 0 Å². The number of hydrogen-bond donors (Lipinski definition) is 0. The van der Waals surface area contributed by atoms with E-state index in [0.717, 1.165) is 11.8 Å². The Bertz CT molecular complexity index is 304. The first-order chi connectivity index (χ1) is 9.93. The quantitative estimate of drug-likeness (QED) is 0.319. The van der Waals surface area contributed by atoms with Crippen molar-refractivity contribution in [3.8, 4) is 0 Å². The molecule has 0 aromatic heterocycles. The van der Waals surface area contributed by atoms with Gasteiger partial charge in [0.1, 0.15) is 0 Å². The molecule has 0 aromatic rings. The van der Waals surface area contributed by atoms with Crippen molar-refractivity contribution in [1.82, 2.24) is 0 Å². The zero-order valence-electron chi connectivity index (χ0n) is 12.7. The van der Waals surface area contributed by atoms with Crippen LogP contribution < -0.4 is 0 Å². The molecule has 0 atom stereocenters. The van der Waals surface area contributed by atoms with Gasteiger partial charge < -0.3 is 9.47 Å². The first kappa shape index (κ1) is 32.6. The van der Waals surface area contributed by atoms with Crippen LogP contribution in [0.5, 0.6) is 0 Å². The molecule has 0 fully saturated rings. The van der Waals surface area contributed by atoms with E-state index in [4.69, 9.17) is 14.0 Å². The largest absolute Gasteiger partial charge is 0.468 e. The number of rotatable bonds is 5. The van der Waals surface area contributed by atoms with Crippen LogP contribution >= 0.6 is 0 Å². The van der Waals surface area contributed by atoms with E-state index in [1.54, 1.807) is 0 Å². The SMILES string of the molecule is [C-]#[O+].[C-]#[O+].[C-]#[O+].[CH2][C](C)[C](C)CC(C(=O)OC)C(=O)OC.[Co]. The average molecular weight is 356 g/mol. The van der Waals surface area contributed by atoms with E-state index in [9.17, 15) is 9.59 Å². The van der Waals surface area contributed by atoms with Crippen LogP contribution in [0.4, 0.5) is 0 Å². The van der Waals surface area contributed by atoms with Crippen molar-refractivity contribution in [3.63, 3.8) is 0 Å². The molecule has 0 saturated heterocycles. The second kappa shape index (κ2) is 24.7. The number of methoxy groups -OCH3 is 2. The zero-order valence-corrected chi connectivity index (χ0v) is 13.7. The second-order valence-corrected chi connectivity index (χ2v) is 3.36. The molecule has 0 N–H and O–H groups in total. The summed E-state index contributed by atoms with van der Waals surface area (Å²) >= 11 is 0. The summed E-state index contributed by atoms with van der Waals surface area (Å²) in [5.41, 5.74) is 0. The number of carbonyl (C=O) groups excluding carboxylic acids is 2. The maximum atomic E-state index is 11.3. The van der Waals surface area contributed by atoms with Crippen LogP contribution in [-0.2, 0) is 49.8 Å². The Balaban J connectivity index is -0.000000122. The van der Waals surface area contributed by atoms with Crippen molar-refractivity contribution in [1.29, 1.82) is 0 Å². The Kier molecular flexibility index (Phi) is 36.5. The Labute approximate surface area is 141 Å². The Morgan fingerprint density at radius 3 is 1.41 bits per heavy atom. The fourth-order valence-corrected chi connectivity index (χ4v) is 1.03. The van der Waals surface area contributed by atoms with E-state index in [-0.39, 0.29) is 23.2 Å². The molecule has 0 heterocycles. The van der Waals surface area contributed by atoms with Crippen LogP contribution in [-0.4, -0.2) is 26.2 Å². The van der Waals surface area contributed by atoms with E-state index in [0.29, 0.717) is 0 Å². The number of ether oxygens (including phenoxy) is 2. The predicted octanol–water partition coefficient (Wildman–Crippen LogP) is 1.25. The van der Waals surface area contributed by atoms with Gasteiger partial charge in [0.05, 0.1) is 14.2 Å². The summed E-state index contributed by atoms with van der Waals surface area (Å²) < 4.78 is 31.6. The Hall–Kier alpha value is -1.33. The zero-order chi connectivity index (χ0) is 18.0. The maximum absolute atomic E-state index is 11.3. The van der Waals surface area contributed by atoms with Crippen molar-refractivity contribution in [3.05, 3.63) is 38.7 Å². The van der Waals surface area contributed by atoms with Gasteiger partial charge >= 0.3 is 45.8 Å². The molecule has 0 unspecified atom stereocenters. The number of carbonyl (C=O) groups is 2. The third kappa shape index (κ3) is 16.7. The van der Waals surface area contributed by atoms with Crippen LogP contribution in [0.1, 0.15) is 20.3 Å². The van der Waals surface area contributed by atoms with E-state index < -0.39 is 17.9 Å². The third-order valence-corrected chi connectivity index (χ3v) is 2.21. The molecular weight excluding hydrogens is 339 g/mol. The third-order valence-electron chi connectivity index (χ3n) is 2.21. The van der Waals surface area contributed by atoms with Crippen LogP contribution in [0.3, 0.4) is 0 Å². The Morgan fingerprint density at radius 1 is 0.955 bits per heavy atom. The molecule has 0 amide bonds. The summed E-state index contributed by atoms with van der Waals surface area (Å²) in [4.78, 5) is 22.6. The molecule has 0 aliphatic carbocycles. The van der Waals surface area contributed by atoms with Crippen molar-refractivity contribution >= 4 is 11.9 Å². The van der Waals surface area contributed by atoms with Crippen LogP contribution in [0.15, 0.2) is 0 Å². The summed E-state index contributed by atoms with van der Waals surface area (Å²) in [6.45, 7) is 20.9. The van der Waals surface area contributed by atoms with E-state index >= 15 is 0 Å². The molecule has 0 aromatic carbocycles. The molecule has 0 aliphatic rings. The molecule has 22 heavy (non-hydrogen) atoms. The Morgan fingerprint density at radius 2 is 1.23 bits per heavy atom. The van der Waals surface area contributed by atoms with Crippen molar-refractivity contribution in [2.75, 3.05) is 14.2 Å². The molecule has 124 valence electrons. The molecule has 0 aliphatic heterocycles. The maximum Gasteiger partial charge on any atom is 0.320 e. The summed E-state index contributed by atoms with van der Waals surface area (Å²) in [7, 11) is 2.49. The normalized spacial score (nSPS) is 7.73. The van der Waals surface area contributed by atoms with Gasteiger partial charge in [0.15, 0.2) is 5.92 Å². The molecule has 4 radical (unpaired) electrons. The van der Waals surface area contributed by atoms with Crippen LogP contribution in [0.25, 0.3) is 0 Å². The molecule has 8 heteroatoms. The summed E-state index contributed by atoms with van der Waals surface area (Å²) in [6.07, 6.45) is 0.286. The van der Waals surface area contributed by atoms with Gasteiger partial charge in [-0.2, -0.15) is 0 Å². The van der Waals surface area contributed by atoms with Gasteiger partial charge in [0, 0.05) is 16.8 Å². The first-order valence-electron chi connectivity index (χ1n) is 5.19. The van der Waals surface area contributed by atoms with E-state index in [2.05, 4.69) is 36.3 Å². The molecular formula is C14H17CoO7.